The van der Waals surface area contributed by atoms with E-state index in [9.17, 15) is 36.9 Å². The molecule has 7 rings (SSSR count). The molecule has 4 heterocycles. The predicted octanol–water partition coefficient (Wildman–Crippen LogP) is 10.3. The standard InChI is InChI=1S/C31H13F6N5S3/c1-42-28-24(22-8-6-20(43-22)14-2-4-18(30(32,33)34)16(10-14)12-38)26-27(41-45-40-26)25(29(28)42)23-9-7-21(44-23)15-3-5-19(31(35,36)37)17(11-15)13-39/h2-11H,1H3. The van der Waals surface area contributed by atoms with Crippen LogP contribution in [0.2, 0.25) is 0 Å². The summed E-state index contributed by atoms with van der Waals surface area (Å²) < 4.78 is 89.0. The number of nitriles is 2. The van der Waals surface area contributed by atoms with Gasteiger partial charge in [0.15, 0.2) is 0 Å². The molecule has 0 N–H and O–H groups in total. The van der Waals surface area contributed by atoms with Crippen LogP contribution in [0.5, 0.6) is 0 Å². The molecule has 3 aromatic carbocycles. The number of rotatable bonds is 4. The van der Waals surface area contributed by atoms with E-state index < -0.39 is 34.6 Å². The lowest BCUT2D eigenvalue weighted by atomic mass is 10.0. The second-order valence-corrected chi connectivity index (χ2v) is 12.7. The maximum absolute atomic E-state index is 13.3. The summed E-state index contributed by atoms with van der Waals surface area (Å²) in [5, 5.41) is 18.7. The van der Waals surface area contributed by atoms with Gasteiger partial charge in [0, 0.05) is 37.7 Å². The zero-order chi connectivity index (χ0) is 31.8. The summed E-state index contributed by atoms with van der Waals surface area (Å²) >= 11 is 3.77. The highest BCUT2D eigenvalue weighted by molar-refractivity contribution is 7.19. The highest BCUT2D eigenvalue weighted by Crippen LogP contribution is 2.62. The second kappa shape index (κ2) is 10.1. The molecule has 0 saturated carbocycles. The summed E-state index contributed by atoms with van der Waals surface area (Å²) in [6.07, 6.45) is -9.27. The van der Waals surface area contributed by atoms with Crippen LogP contribution in [-0.2, 0) is 12.4 Å². The van der Waals surface area contributed by atoms with Crippen molar-refractivity contribution in [2.24, 2.45) is 0 Å². The molecular weight excluding hydrogens is 653 g/mol. The van der Waals surface area contributed by atoms with Crippen molar-refractivity contribution in [3.05, 3.63) is 82.9 Å². The van der Waals surface area contributed by atoms with Gasteiger partial charge in [0.2, 0.25) is 0 Å². The van der Waals surface area contributed by atoms with Crippen molar-refractivity contribution in [2.75, 3.05) is 11.9 Å². The Bertz CT molecular complexity index is 2110. The van der Waals surface area contributed by atoms with Gasteiger partial charge in [0.25, 0.3) is 0 Å². The van der Waals surface area contributed by atoms with E-state index in [1.165, 1.54) is 46.9 Å². The van der Waals surface area contributed by atoms with Crippen molar-refractivity contribution in [2.45, 2.75) is 12.4 Å². The van der Waals surface area contributed by atoms with Crippen molar-refractivity contribution >= 4 is 56.8 Å². The molecule has 0 aliphatic carbocycles. The quantitative estimate of drug-likeness (QED) is 0.138. The normalized spacial score (nSPS) is 12.7. The predicted molar refractivity (Wildman–Crippen MR) is 162 cm³/mol. The Morgan fingerprint density at radius 1 is 0.622 bits per heavy atom. The van der Waals surface area contributed by atoms with E-state index in [4.69, 9.17) is 0 Å². The smallest absolute Gasteiger partial charge is 0.340 e. The molecule has 14 heteroatoms. The highest BCUT2D eigenvalue weighted by atomic mass is 32.1. The Morgan fingerprint density at radius 2 is 1.02 bits per heavy atom. The fourth-order valence-electron chi connectivity index (χ4n) is 5.35. The SMILES string of the molecule is CN1c2c1c(-c1ccc(-c3ccc(C(F)(F)F)c(C#N)c3)s1)c1nsnc1c2-c1ccc(-c2ccc(C(F)(F)F)c(C#N)c2)s1. The lowest BCUT2D eigenvalue weighted by Gasteiger charge is -2.09. The Labute approximate surface area is 262 Å². The molecule has 0 saturated heterocycles. The topological polar surface area (TPSA) is 76.4 Å². The largest absolute Gasteiger partial charge is 0.417 e. The van der Waals surface area contributed by atoms with Gasteiger partial charge in [0.05, 0.1) is 57.5 Å². The van der Waals surface area contributed by atoms with E-state index in [1.54, 1.807) is 24.3 Å². The summed E-state index contributed by atoms with van der Waals surface area (Å²) in [5.74, 6) is 0. The first kappa shape index (κ1) is 29.0. The van der Waals surface area contributed by atoms with E-state index in [1.807, 2.05) is 24.1 Å². The third-order valence-corrected chi connectivity index (χ3v) is 10.3. The molecule has 5 nitrogen and oxygen atoms in total. The minimum atomic E-state index is -4.63. The lowest BCUT2D eigenvalue weighted by molar-refractivity contribution is -0.138. The molecule has 0 unspecified atom stereocenters. The molecule has 0 radical (unpaired) electrons. The van der Waals surface area contributed by atoms with Crippen LogP contribution < -0.4 is 4.90 Å². The number of fused-ring (bicyclic) bond motifs is 2. The van der Waals surface area contributed by atoms with E-state index in [0.29, 0.717) is 31.9 Å². The molecule has 1 aliphatic heterocycles. The van der Waals surface area contributed by atoms with Crippen LogP contribution in [0.15, 0.2) is 60.7 Å². The Balaban J connectivity index is 1.28. The van der Waals surface area contributed by atoms with E-state index >= 15 is 0 Å². The van der Waals surface area contributed by atoms with Gasteiger partial charge < -0.3 is 4.90 Å². The Kier molecular flexibility index (Phi) is 6.53. The maximum atomic E-state index is 13.3. The minimum absolute atomic E-state index is 0.451. The molecule has 0 atom stereocenters. The average molecular weight is 666 g/mol. The van der Waals surface area contributed by atoms with Gasteiger partial charge in [-0.2, -0.15) is 45.6 Å². The number of thiophene rings is 2. The number of alkyl halides is 6. The molecule has 1 aliphatic rings. The first-order valence-corrected chi connectivity index (χ1v) is 15.3. The van der Waals surface area contributed by atoms with Crippen LogP contribution >= 0.6 is 34.4 Å². The van der Waals surface area contributed by atoms with Gasteiger partial charge in [-0.15, -0.1) is 22.7 Å². The van der Waals surface area contributed by atoms with E-state index in [2.05, 4.69) is 8.75 Å². The zero-order valence-corrected chi connectivity index (χ0v) is 25.0. The fourth-order valence-corrected chi connectivity index (χ4v) is 8.01. The third kappa shape index (κ3) is 4.73. The molecule has 6 aromatic rings. The monoisotopic (exact) mass is 665 g/mol. The van der Waals surface area contributed by atoms with E-state index in [-0.39, 0.29) is 0 Å². The molecule has 45 heavy (non-hydrogen) atoms. The number of hydrogen-bond donors (Lipinski definition) is 0. The number of aromatic nitrogens is 2. The van der Waals surface area contributed by atoms with Crippen molar-refractivity contribution in [3.8, 4) is 53.9 Å². The number of halogens is 6. The number of anilines is 2. The van der Waals surface area contributed by atoms with Crippen LogP contribution in [0.25, 0.3) is 52.8 Å². The molecule has 0 fully saturated rings. The minimum Gasteiger partial charge on any atom is -0.340 e. The van der Waals surface area contributed by atoms with Crippen LogP contribution in [0.4, 0.5) is 37.7 Å². The van der Waals surface area contributed by atoms with Crippen molar-refractivity contribution in [1.82, 2.24) is 8.75 Å². The van der Waals surface area contributed by atoms with Crippen LogP contribution in [0.3, 0.4) is 0 Å². The van der Waals surface area contributed by atoms with Crippen molar-refractivity contribution < 1.29 is 26.3 Å². The van der Waals surface area contributed by atoms with Crippen LogP contribution in [0, 0.1) is 22.7 Å². The molecule has 0 amide bonds. The Morgan fingerprint density at radius 3 is 1.40 bits per heavy atom. The molecule has 3 aromatic heterocycles. The van der Waals surface area contributed by atoms with Crippen molar-refractivity contribution in [1.29, 1.82) is 10.5 Å². The fraction of sp³-hybridized carbons (Fsp3) is 0.0968. The zero-order valence-electron chi connectivity index (χ0n) is 22.5. The number of hydrogen-bond acceptors (Lipinski definition) is 8. The number of nitrogens with zero attached hydrogens (tertiary/aromatic N) is 5. The van der Waals surface area contributed by atoms with Gasteiger partial charge in [-0.3, -0.25) is 0 Å². The summed E-state index contributed by atoms with van der Waals surface area (Å²) in [5.41, 5.74) is 2.91. The van der Waals surface area contributed by atoms with Gasteiger partial charge >= 0.3 is 12.4 Å². The van der Waals surface area contributed by atoms with Crippen LogP contribution in [-0.4, -0.2) is 15.8 Å². The average Bonchev–Trinajstić information content (AvgIpc) is 3.54. The summed E-state index contributed by atoms with van der Waals surface area (Å²) in [4.78, 5) is 5.02. The van der Waals surface area contributed by atoms with Gasteiger partial charge in [0.1, 0.15) is 11.0 Å². The molecular formula is C31H13F6N5S3. The van der Waals surface area contributed by atoms with Gasteiger partial charge in [-0.1, -0.05) is 12.1 Å². The Hall–Kier alpha value is -4.76. The van der Waals surface area contributed by atoms with Gasteiger partial charge in [-0.05, 0) is 59.7 Å². The third-order valence-electron chi connectivity index (χ3n) is 7.45. The molecule has 0 bridgehead atoms. The molecule has 222 valence electrons. The summed E-state index contributed by atoms with van der Waals surface area (Å²) in [6, 6.07) is 17.6. The maximum Gasteiger partial charge on any atom is 0.417 e. The first-order valence-electron chi connectivity index (χ1n) is 12.9. The van der Waals surface area contributed by atoms with E-state index in [0.717, 1.165) is 56.1 Å². The first-order chi connectivity index (χ1) is 21.4. The van der Waals surface area contributed by atoms with Crippen molar-refractivity contribution in [3.63, 3.8) is 0 Å². The second-order valence-electron chi connectivity index (χ2n) is 10.0. The summed E-state index contributed by atoms with van der Waals surface area (Å²) in [6.45, 7) is 0. The number of benzene rings is 3. The summed E-state index contributed by atoms with van der Waals surface area (Å²) in [7, 11) is 1.90. The lowest BCUT2D eigenvalue weighted by Crippen LogP contribution is -2.07. The van der Waals surface area contributed by atoms with Crippen LogP contribution in [0.1, 0.15) is 22.3 Å². The van der Waals surface area contributed by atoms with Gasteiger partial charge in [-0.25, -0.2) is 0 Å². The molecule has 0 spiro atoms. The highest BCUT2D eigenvalue weighted by Gasteiger charge is 2.39.